The van der Waals surface area contributed by atoms with Gasteiger partial charge in [0.1, 0.15) is 5.75 Å². The molecule has 3 rings (SSSR count). The Balaban J connectivity index is 1.95. The average Bonchev–Trinajstić information content (AvgIpc) is 2.83. The van der Waals surface area contributed by atoms with Crippen LogP contribution in [-0.2, 0) is 0 Å². The number of aromatic nitrogens is 2. The van der Waals surface area contributed by atoms with Crippen molar-refractivity contribution in [1.82, 2.24) is 10.1 Å². The van der Waals surface area contributed by atoms with E-state index >= 15 is 0 Å². The number of nitrogen functional groups attached to an aromatic ring is 1. The molecular weight excluding hydrogens is 218 g/mol. The fourth-order valence-electron chi connectivity index (χ4n) is 1.91. The molecule has 0 saturated heterocycles. The second kappa shape index (κ2) is 3.48. The topological polar surface area (TPSA) is 85.2 Å². The molecule has 0 bridgehead atoms. The third kappa shape index (κ3) is 1.73. The molecule has 1 saturated carbocycles. The molecule has 5 heteroatoms. The lowest BCUT2D eigenvalue weighted by Crippen LogP contribution is -1.87. The van der Waals surface area contributed by atoms with E-state index < -0.39 is 0 Å². The largest absolute Gasteiger partial charge is 0.507 e. The molecule has 3 N–H and O–H groups in total. The van der Waals surface area contributed by atoms with Gasteiger partial charge in [-0.25, -0.2) is 0 Å². The van der Waals surface area contributed by atoms with Gasteiger partial charge in [0.15, 0.2) is 5.82 Å². The summed E-state index contributed by atoms with van der Waals surface area (Å²) in [6.07, 6.45) is 1.10. The van der Waals surface area contributed by atoms with E-state index in [0.29, 0.717) is 29.0 Å². The summed E-state index contributed by atoms with van der Waals surface area (Å²) in [5.74, 6) is 2.16. The summed E-state index contributed by atoms with van der Waals surface area (Å²) in [5, 5.41) is 13.7. The van der Waals surface area contributed by atoms with Gasteiger partial charge in [-0.2, -0.15) is 4.98 Å². The molecule has 0 aliphatic heterocycles. The normalized spacial score (nSPS) is 22.6. The Kier molecular flexibility index (Phi) is 2.07. The third-order valence-corrected chi connectivity index (χ3v) is 3.14. The minimum Gasteiger partial charge on any atom is -0.507 e. The van der Waals surface area contributed by atoms with Crippen molar-refractivity contribution < 1.29 is 9.63 Å². The zero-order valence-corrected chi connectivity index (χ0v) is 9.42. The highest BCUT2D eigenvalue weighted by Crippen LogP contribution is 2.46. The summed E-state index contributed by atoms with van der Waals surface area (Å²) in [6.45, 7) is 2.15. The summed E-state index contributed by atoms with van der Waals surface area (Å²) in [7, 11) is 0. The minimum absolute atomic E-state index is 0.0593. The molecule has 1 fully saturated rings. The Morgan fingerprint density at radius 3 is 2.88 bits per heavy atom. The quantitative estimate of drug-likeness (QED) is 0.773. The number of rotatable bonds is 2. The number of nitrogens with two attached hydrogens (primary N) is 1. The minimum atomic E-state index is 0.0593. The summed E-state index contributed by atoms with van der Waals surface area (Å²) in [5.41, 5.74) is 6.58. The van der Waals surface area contributed by atoms with Gasteiger partial charge in [-0.3, -0.25) is 0 Å². The van der Waals surface area contributed by atoms with Crippen molar-refractivity contribution in [2.75, 3.05) is 5.73 Å². The fraction of sp³-hybridized carbons (Fsp3) is 0.333. The van der Waals surface area contributed by atoms with Crippen molar-refractivity contribution in [3.05, 3.63) is 24.0 Å². The highest BCUT2D eigenvalue weighted by atomic mass is 16.5. The maximum absolute atomic E-state index is 9.75. The number of anilines is 1. The SMILES string of the molecule is CC1CC1c1noc(-c2ccc(N)cc2O)n1. The van der Waals surface area contributed by atoms with Crippen LogP contribution in [0.25, 0.3) is 11.5 Å². The molecule has 2 aromatic rings. The second-order valence-corrected chi connectivity index (χ2v) is 4.55. The lowest BCUT2D eigenvalue weighted by Gasteiger charge is -1.99. The van der Waals surface area contributed by atoms with E-state index in [9.17, 15) is 5.11 Å². The summed E-state index contributed by atoms with van der Waals surface area (Å²) in [4.78, 5) is 4.30. The highest BCUT2D eigenvalue weighted by Gasteiger charge is 2.38. The van der Waals surface area contributed by atoms with E-state index in [1.54, 1.807) is 12.1 Å². The molecule has 2 atom stereocenters. The van der Waals surface area contributed by atoms with Gasteiger partial charge in [0, 0.05) is 17.7 Å². The van der Waals surface area contributed by atoms with Gasteiger partial charge in [-0.1, -0.05) is 12.1 Å². The molecule has 0 radical (unpaired) electrons. The Labute approximate surface area is 98.3 Å². The van der Waals surface area contributed by atoms with E-state index in [1.165, 1.54) is 6.07 Å². The van der Waals surface area contributed by atoms with Crippen molar-refractivity contribution in [1.29, 1.82) is 0 Å². The van der Waals surface area contributed by atoms with E-state index in [2.05, 4.69) is 17.1 Å². The molecule has 1 aromatic heterocycles. The number of nitrogens with zero attached hydrogens (tertiary/aromatic N) is 2. The van der Waals surface area contributed by atoms with Crippen molar-refractivity contribution in [3.8, 4) is 17.2 Å². The first-order valence-corrected chi connectivity index (χ1v) is 5.57. The van der Waals surface area contributed by atoms with Crippen LogP contribution >= 0.6 is 0 Å². The molecule has 1 aliphatic rings. The van der Waals surface area contributed by atoms with Crippen LogP contribution in [0.5, 0.6) is 5.75 Å². The lowest BCUT2D eigenvalue weighted by molar-refractivity contribution is 0.417. The van der Waals surface area contributed by atoms with E-state index in [1.807, 2.05) is 0 Å². The Morgan fingerprint density at radius 1 is 1.47 bits per heavy atom. The molecule has 5 nitrogen and oxygen atoms in total. The Bertz CT molecular complexity index is 565. The van der Waals surface area contributed by atoms with Gasteiger partial charge in [0.25, 0.3) is 5.89 Å². The lowest BCUT2D eigenvalue weighted by atomic mass is 10.2. The van der Waals surface area contributed by atoms with Crippen LogP contribution in [0.4, 0.5) is 5.69 Å². The van der Waals surface area contributed by atoms with Crippen molar-refractivity contribution >= 4 is 5.69 Å². The second-order valence-electron chi connectivity index (χ2n) is 4.55. The molecule has 1 aliphatic carbocycles. The van der Waals surface area contributed by atoms with Gasteiger partial charge in [-0.05, 0) is 24.5 Å². The maximum Gasteiger partial charge on any atom is 0.261 e. The van der Waals surface area contributed by atoms with Crippen LogP contribution < -0.4 is 5.73 Å². The molecule has 2 unspecified atom stereocenters. The van der Waals surface area contributed by atoms with Crippen LogP contribution in [-0.4, -0.2) is 15.2 Å². The van der Waals surface area contributed by atoms with E-state index in [0.717, 1.165) is 12.2 Å². The summed E-state index contributed by atoms with van der Waals surface area (Å²) in [6, 6.07) is 4.84. The molecule has 88 valence electrons. The predicted octanol–water partition coefficient (Wildman–Crippen LogP) is 2.15. The zero-order chi connectivity index (χ0) is 12.0. The number of hydrogen-bond acceptors (Lipinski definition) is 5. The van der Waals surface area contributed by atoms with Crippen molar-refractivity contribution in [3.63, 3.8) is 0 Å². The van der Waals surface area contributed by atoms with Crippen molar-refractivity contribution in [2.24, 2.45) is 5.92 Å². The number of phenolic OH excluding ortho intramolecular Hbond substituents is 1. The third-order valence-electron chi connectivity index (χ3n) is 3.14. The van der Waals surface area contributed by atoms with Crippen LogP contribution in [0.3, 0.4) is 0 Å². The molecule has 0 spiro atoms. The molecule has 1 heterocycles. The molecule has 17 heavy (non-hydrogen) atoms. The van der Waals surface area contributed by atoms with Crippen LogP contribution in [0.2, 0.25) is 0 Å². The monoisotopic (exact) mass is 231 g/mol. The first-order chi connectivity index (χ1) is 8.15. The van der Waals surface area contributed by atoms with Gasteiger partial charge >= 0.3 is 0 Å². The number of phenols is 1. The predicted molar refractivity (Wildman–Crippen MR) is 62.3 cm³/mol. The Morgan fingerprint density at radius 2 is 2.24 bits per heavy atom. The first-order valence-electron chi connectivity index (χ1n) is 5.57. The smallest absolute Gasteiger partial charge is 0.261 e. The zero-order valence-electron chi connectivity index (χ0n) is 9.42. The van der Waals surface area contributed by atoms with Gasteiger partial charge in [-0.15, -0.1) is 0 Å². The van der Waals surface area contributed by atoms with Crippen LogP contribution in [0, 0.1) is 5.92 Å². The fourth-order valence-corrected chi connectivity index (χ4v) is 1.91. The average molecular weight is 231 g/mol. The van der Waals surface area contributed by atoms with Crippen molar-refractivity contribution in [2.45, 2.75) is 19.3 Å². The number of hydrogen-bond donors (Lipinski definition) is 2. The summed E-state index contributed by atoms with van der Waals surface area (Å²) >= 11 is 0. The van der Waals surface area contributed by atoms with Crippen LogP contribution in [0.1, 0.15) is 25.1 Å². The van der Waals surface area contributed by atoms with Gasteiger partial charge in [0.2, 0.25) is 0 Å². The standard InChI is InChI=1S/C12H13N3O2/c1-6-4-9(6)11-14-12(17-15-11)8-3-2-7(13)5-10(8)16/h2-3,5-6,9,16H,4,13H2,1H3. The molecule has 1 aromatic carbocycles. The highest BCUT2D eigenvalue weighted by molar-refractivity contribution is 5.66. The van der Waals surface area contributed by atoms with Gasteiger partial charge < -0.3 is 15.4 Å². The molecular formula is C12H13N3O2. The van der Waals surface area contributed by atoms with Crippen LogP contribution in [0.15, 0.2) is 22.7 Å². The first kappa shape index (κ1) is 10.1. The number of benzene rings is 1. The number of aromatic hydroxyl groups is 1. The summed E-state index contributed by atoms with van der Waals surface area (Å²) < 4.78 is 5.16. The Hall–Kier alpha value is -2.04. The molecule has 0 amide bonds. The van der Waals surface area contributed by atoms with E-state index in [4.69, 9.17) is 10.3 Å². The van der Waals surface area contributed by atoms with Gasteiger partial charge in [0.05, 0.1) is 5.56 Å². The maximum atomic E-state index is 9.75. The van der Waals surface area contributed by atoms with E-state index in [-0.39, 0.29) is 5.75 Å².